The van der Waals surface area contributed by atoms with Crippen LogP contribution in [0.3, 0.4) is 0 Å². The molecule has 0 radical (unpaired) electrons. The number of unbranched alkanes of at least 4 members (excludes halogenated alkanes) is 1. The number of nitrogens with zero attached hydrogens (tertiary/aromatic N) is 4. The molecule has 2 rings (SSSR count). The Morgan fingerprint density at radius 1 is 0.438 bits per heavy atom. The summed E-state index contributed by atoms with van der Waals surface area (Å²) in [6.45, 7) is 16.3. The maximum atomic E-state index is 11.4. The highest BCUT2D eigenvalue weighted by Crippen LogP contribution is 2.37. The third-order valence-corrected chi connectivity index (χ3v) is 12.9. The quantitative estimate of drug-likeness (QED) is 0.157. The summed E-state index contributed by atoms with van der Waals surface area (Å²) in [6, 6.07) is 0. The summed E-state index contributed by atoms with van der Waals surface area (Å²) in [5.41, 5.74) is -24.8. The molecule has 0 aromatic carbocycles. The molecule has 290 valence electrons. The third-order valence-electron chi connectivity index (χ3n) is 7.45. The molecule has 2 fully saturated rings. The first kappa shape index (κ1) is 46.8. The predicted molar refractivity (Wildman–Crippen MR) is 145 cm³/mol. The lowest BCUT2D eigenvalue weighted by atomic mass is 10.2. The topological polar surface area (TPSA) is 165 Å². The largest absolute Gasteiger partial charge is 0.480 e. The second-order valence-corrected chi connectivity index (χ2v) is 17.5. The van der Waals surface area contributed by atoms with Crippen LogP contribution in [0.25, 0.3) is 8.25 Å². The lowest BCUT2D eigenvalue weighted by Crippen LogP contribution is -2.47. The normalized spacial score (nSPS) is 19.2. The van der Waals surface area contributed by atoms with Crippen molar-refractivity contribution in [3.05, 3.63) is 8.25 Å². The van der Waals surface area contributed by atoms with Crippen molar-refractivity contribution in [2.45, 2.75) is 74.4 Å². The highest BCUT2D eigenvalue weighted by molar-refractivity contribution is 8.13. The highest BCUT2D eigenvalue weighted by Gasteiger charge is 2.48. The molecule has 0 atom stereocenters. The SMILES string of the molecule is CC[N+]1(CCCC[N+]2(CC)CCCC2)CCCC1.O=S(=O)([N-]S(=O)(=O)C(F)(F)F)C(F)(F)F.O=S(=O)([N-]S(=O)(=O)C(F)(F)F)C(F)(F)F. The zero-order valence-electron chi connectivity index (χ0n) is 25.1. The number of halogens is 12. The first-order chi connectivity index (χ1) is 21.2. The van der Waals surface area contributed by atoms with Gasteiger partial charge < -0.3 is 17.2 Å². The van der Waals surface area contributed by atoms with Crippen molar-refractivity contribution in [2.75, 3.05) is 52.4 Å². The van der Waals surface area contributed by atoms with Gasteiger partial charge >= 0.3 is 22.0 Å². The molecule has 2 aliphatic heterocycles. The standard InChI is InChI=1S/C16H34N2.2C2F6NO4S2/c1-3-17(11-5-6-12-17)15-9-10-16-18(4-2)13-7-8-14-18;2*3-1(4,5)14(10,11)9-15(12,13)2(6,7)8/h3-16H2,1-2H3;;/q+2;2*-1. The maximum Gasteiger partial charge on any atom is 0.480 e. The molecule has 0 amide bonds. The van der Waals surface area contributed by atoms with Gasteiger partial charge in [0.25, 0.3) is 0 Å². The van der Waals surface area contributed by atoms with Crippen LogP contribution < -0.4 is 0 Å². The Labute approximate surface area is 270 Å². The van der Waals surface area contributed by atoms with Crippen LogP contribution >= 0.6 is 0 Å². The molecule has 48 heavy (non-hydrogen) atoms. The smallest absolute Gasteiger partial charge is 0.421 e. The fourth-order valence-electron chi connectivity index (χ4n) is 4.73. The number of likely N-dealkylation sites (tertiary alicyclic amines) is 2. The third kappa shape index (κ3) is 13.5. The Balaban J connectivity index is 0.000000696. The monoisotopic (exact) mass is 814 g/mol. The van der Waals surface area contributed by atoms with Crippen LogP contribution in [0.5, 0.6) is 0 Å². The second-order valence-electron chi connectivity index (χ2n) is 10.6. The zero-order valence-corrected chi connectivity index (χ0v) is 28.4. The Morgan fingerprint density at radius 2 is 0.625 bits per heavy atom. The first-order valence-electron chi connectivity index (χ1n) is 13.6. The second kappa shape index (κ2) is 16.4. The molecule has 2 saturated heterocycles. The molecule has 0 aromatic heterocycles. The maximum absolute atomic E-state index is 11.4. The van der Waals surface area contributed by atoms with Crippen molar-refractivity contribution in [3.63, 3.8) is 0 Å². The Bertz CT molecular complexity index is 1270. The van der Waals surface area contributed by atoms with Gasteiger partial charge in [0.2, 0.25) is 0 Å². The molecular weight excluding hydrogens is 780 g/mol. The molecular formula is C20H34F12N4O8S4. The van der Waals surface area contributed by atoms with Crippen LogP contribution in [-0.2, 0) is 40.1 Å². The van der Waals surface area contributed by atoms with Crippen LogP contribution in [0.15, 0.2) is 0 Å². The summed E-state index contributed by atoms with van der Waals surface area (Å²) in [5, 5.41) is 0. The van der Waals surface area contributed by atoms with Crippen LogP contribution in [0.1, 0.15) is 52.4 Å². The lowest BCUT2D eigenvalue weighted by molar-refractivity contribution is -0.921. The van der Waals surface area contributed by atoms with Gasteiger partial charge in [-0.3, -0.25) is 0 Å². The fraction of sp³-hybridized carbons (Fsp3) is 1.00. The van der Waals surface area contributed by atoms with Crippen molar-refractivity contribution in [1.29, 1.82) is 0 Å². The molecule has 28 heteroatoms. The van der Waals surface area contributed by atoms with Crippen molar-refractivity contribution >= 4 is 40.1 Å². The van der Waals surface area contributed by atoms with E-state index >= 15 is 0 Å². The first-order valence-corrected chi connectivity index (χ1v) is 19.4. The van der Waals surface area contributed by atoms with Crippen LogP contribution in [0, 0.1) is 0 Å². The molecule has 12 nitrogen and oxygen atoms in total. The van der Waals surface area contributed by atoms with E-state index in [-0.39, 0.29) is 0 Å². The van der Waals surface area contributed by atoms with E-state index in [1.54, 1.807) is 0 Å². The predicted octanol–water partition coefficient (Wildman–Crippen LogP) is 5.15. The average molecular weight is 815 g/mol. The summed E-state index contributed by atoms with van der Waals surface area (Å²) >= 11 is 0. The minimum atomic E-state index is -6.72. The van der Waals surface area contributed by atoms with Gasteiger partial charge in [-0.05, 0) is 13.8 Å². The molecule has 0 unspecified atom stereocenters. The van der Waals surface area contributed by atoms with Gasteiger partial charge in [-0.15, -0.1) is 0 Å². The number of hydrogen-bond acceptors (Lipinski definition) is 8. The number of quaternary nitrogens is 2. The molecule has 0 spiro atoms. The molecule has 0 saturated carbocycles. The van der Waals surface area contributed by atoms with Crippen LogP contribution in [0.4, 0.5) is 52.7 Å². The van der Waals surface area contributed by atoms with E-state index in [0.717, 1.165) is 8.25 Å². The molecule has 2 aliphatic rings. The van der Waals surface area contributed by atoms with Gasteiger partial charge in [0.1, 0.15) is 0 Å². The summed E-state index contributed by atoms with van der Waals surface area (Å²) < 4.78 is 221. The van der Waals surface area contributed by atoms with Gasteiger partial charge in [-0.2, -0.15) is 52.7 Å². The van der Waals surface area contributed by atoms with Gasteiger partial charge in [-0.1, -0.05) is 0 Å². The molecule has 0 aliphatic carbocycles. The van der Waals surface area contributed by atoms with E-state index in [9.17, 15) is 86.4 Å². The summed E-state index contributed by atoms with van der Waals surface area (Å²) in [6.07, 6.45) is 8.83. The van der Waals surface area contributed by atoms with E-state index in [1.807, 2.05) is 0 Å². The van der Waals surface area contributed by atoms with Crippen molar-refractivity contribution in [1.82, 2.24) is 0 Å². The molecule has 0 aromatic rings. The Hall–Kier alpha value is -1.20. The van der Waals surface area contributed by atoms with E-state index in [1.165, 1.54) is 99.8 Å². The van der Waals surface area contributed by atoms with E-state index in [2.05, 4.69) is 13.8 Å². The molecule has 2 heterocycles. The van der Waals surface area contributed by atoms with Gasteiger partial charge in [0.05, 0.1) is 52.4 Å². The lowest BCUT2D eigenvalue weighted by Gasteiger charge is -2.35. The fourth-order valence-corrected chi connectivity index (χ4v) is 8.15. The van der Waals surface area contributed by atoms with Crippen molar-refractivity contribution in [3.8, 4) is 0 Å². The Morgan fingerprint density at radius 3 is 0.771 bits per heavy atom. The molecule has 0 bridgehead atoms. The summed E-state index contributed by atoms with van der Waals surface area (Å²) in [5.74, 6) is 0. The van der Waals surface area contributed by atoms with Gasteiger partial charge in [-0.25, -0.2) is 33.7 Å². The number of sulfonamides is 4. The van der Waals surface area contributed by atoms with Crippen molar-refractivity contribution in [2.24, 2.45) is 0 Å². The highest BCUT2D eigenvalue weighted by atomic mass is 32.3. The van der Waals surface area contributed by atoms with E-state index in [0.29, 0.717) is 0 Å². The van der Waals surface area contributed by atoms with E-state index < -0.39 is 62.1 Å². The molecule has 0 N–H and O–H groups in total. The number of hydrogen-bond donors (Lipinski definition) is 0. The van der Waals surface area contributed by atoms with Gasteiger partial charge in [0.15, 0.2) is 40.1 Å². The number of alkyl halides is 12. The zero-order chi connectivity index (χ0) is 38.3. The minimum absolute atomic E-state index is 0.778. The van der Waals surface area contributed by atoms with Crippen LogP contribution in [0.2, 0.25) is 0 Å². The van der Waals surface area contributed by atoms with Crippen LogP contribution in [-0.4, -0.2) is 117 Å². The van der Waals surface area contributed by atoms with E-state index in [4.69, 9.17) is 0 Å². The van der Waals surface area contributed by atoms with Crippen molar-refractivity contribution < 1.29 is 95.3 Å². The van der Waals surface area contributed by atoms with Gasteiger partial charge in [0, 0.05) is 38.5 Å². The average Bonchev–Trinajstić information content (AvgIpc) is 3.54. The Kier molecular flexibility index (Phi) is 16.0. The summed E-state index contributed by atoms with van der Waals surface area (Å²) in [7, 11) is -26.9. The minimum Gasteiger partial charge on any atom is -0.421 e. The number of rotatable bonds is 11. The summed E-state index contributed by atoms with van der Waals surface area (Å²) in [4.78, 5) is 0.